The second-order valence-corrected chi connectivity index (χ2v) is 6.44. The molecule has 2 rings (SSSR count). The van der Waals surface area contributed by atoms with Gasteiger partial charge in [0.25, 0.3) is 0 Å². The van der Waals surface area contributed by atoms with Crippen molar-refractivity contribution in [1.82, 2.24) is 15.1 Å². The highest BCUT2D eigenvalue weighted by atomic mass is 19.1. The van der Waals surface area contributed by atoms with Gasteiger partial charge in [-0.15, -0.1) is 0 Å². The molecule has 136 valence electrons. The fourth-order valence-electron chi connectivity index (χ4n) is 2.88. The average molecular weight is 349 g/mol. The lowest BCUT2D eigenvalue weighted by molar-refractivity contribution is -0.159. The Labute approximate surface area is 147 Å². The molecule has 1 unspecified atom stereocenters. The van der Waals surface area contributed by atoms with Gasteiger partial charge in [-0.05, 0) is 38.0 Å². The summed E-state index contributed by atoms with van der Waals surface area (Å²) in [6, 6.07) is 5.14. The molecule has 6 nitrogen and oxygen atoms in total. The molecule has 0 saturated carbocycles. The normalized spacial score (nSPS) is 16.4. The molecule has 1 saturated heterocycles. The summed E-state index contributed by atoms with van der Waals surface area (Å²) in [7, 11) is 0. The number of nitrogens with zero attached hydrogens (tertiary/aromatic N) is 2. The maximum Gasteiger partial charge on any atom is 0.312 e. The Morgan fingerprint density at radius 2 is 1.80 bits per heavy atom. The van der Waals surface area contributed by atoms with Gasteiger partial charge in [0.2, 0.25) is 5.91 Å². The quantitative estimate of drug-likeness (QED) is 0.787. The summed E-state index contributed by atoms with van der Waals surface area (Å²) in [5.74, 6) is -1.89. The van der Waals surface area contributed by atoms with Crippen molar-refractivity contribution >= 4 is 17.7 Å². The second-order valence-electron chi connectivity index (χ2n) is 6.44. The smallest absolute Gasteiger partial charge is 0.312 e. The van der Waals surface area contributed by atoms with Crippen molar-refractivity contribution in [2.45, 2.75) is 45.8 Å². The summed E-state index contributed by atoms with van der Waals surface area (Å²) >= 11 is 0. The zero-order valence-electron chi connectivity index (χ0n) is 14.8. The predicted octanol–water partition coefficient (Wildman–Crippen LogP) is 1.30. The number of piperazine rings is 1. The third-order valence-corrected chi connectivity index (χ3v) is 4.13. The molecule has 1 fully saturated rings. The minimum atomic E-state index is -0.667. The van der Waals surface area contributed by atoms with Gasteiger partial charge in [-0.2, -0.15) is 0 Å². The van der Waals surface area contributed by atoms with Crippen LogP contribution >= 0.6 is 0 Å². The van der Waals surface area contributed by atoms with Crippen LogP contribution in [0.3, 0.4) is 0 Å². The minimum Gasteiger partial charge on any atom is -0.352 e. The summed E-state index contributed by atoms with van der Waals surface area (Å²) in [6.45, 7) is 6.39. The molecule has 0 radical (unpaired) electrons. The molecule has 1 heterocycles. The summed E-state index contributed by atoms with van der Waals surface area (Å²) in [6.07, 6.45) is 0.440. The first-order valence-electron chi connectivity index (χ1n) is 8.48. The first-order chi connectivity index (χ1) is 11.8. The van der Waals surface area contributed by atoms with E-state index < -0.39 is 17.9 Å². The van der Waals surface area contributed by atoms with Crippen LogP contribution in [-0.4, -0.2) is 52.7 Å². The van der Waals surface area contributed by atoms with Gasteiger partial charge in [-0.1, -0.05) is 19.1 Å². The number of carbonyl (C=O) groups is 3. The van der Waals surface area contributed by atoms with E-state index in [1.807, 2.05) is 20.8 Å². The van der Waals surface area contributed by atoms with Crippen LogP contribution < -0.4 is 5.32 Å². The summed E-state index contributed by atoms with van der Waals surface area (Å²) in [5, 5.41) is 2.79. The monoisotopic (exact) mass is 349 g/mol. The Morgan fingerprint density at radius 3 is 2.36 bits per heavy atom. The molecular formula is C18H24FN3O3. The van der Waals surface area contributed by atoms with Gasteiger partial charge >= 0.3 is 11.8 Å². The van der Waals surface area contributed by atoms with Gasteiger partial charge in [0, 0.05) is 25.7 Å². The Morgan fingerprint density at radius 1 is 1.16 bits per heavy atom. The molecule has 0 aromatic heterocycles. The summed E-state index contributed by atoms with van der Waals surface area (Å²) < 4.78 is 13.0. The highest BCUT2D eigenvalue weighted by Crippen LogP contribution is 2.15. The Balaban J connectivity index is 2.05. The van der Waals surface area contributed by atoms with Crippen molar-refractivity contribution in [1.29, 1.82) is 0 Å². The zero-order valence-corrected chi connectivity index (χ0v) is 14.8. The third kappa shape index (κ3) is 4.55. The van der Waals surface area contributed by atoms with Crippen molar-refractivity contribution in [3.8, 4) is 0 Å². The lowest BCUT2D eigenvalue weighted by Crippen LogP contribution is -2.60. The standard InChI is InChI=1S/C18H24FN3O3/c1-4-15(16(23)20-12(2)3)22-10-9-21(17(24)18(22)25)11-13-5-7-14(19)8-6-13/h5-8,12,15H,4,9-11H2,1-3H3,(H,20,23). The first-order valence-corrected chi connectivity index (χ1v) is 8.48. The topological polar surface area (TPSA) is 69.7 Å². The SMILES string of the molecule is CCC(C(=O)NC(C)C)N1CCN(Cc2ccc(F)cc2)C(=O)C1=O. The molecule has 1 atom stereocenters. The van der Waals surface area contributed by atoms with E-state index in [4.69, 9.17) is 0 Å². The van der Waals surface area contributed by atoms with Crippen LogP contribution in [0.15, 0.2) is 24.3 Å². The van der Waals surface area contributed by atoms with Crippen LogP contribution in [0.2, 0.25) is 0 Å². The van der Waals surface area contributed by atoms with Gasteiger partial charge in [0.1, 0.15) is 11.9 Å². The van der Waals surface area contributed by atoms with E-state index >= 15 is 0 Å². The van der Waals surface area contributed by atoms with Crippen LogP contribution in [-0.2, 0) is 20.9 Å². The van der Waals surface area contributed by atoms with Crippen molar-refractivity contribution in [2.75, 3.05) is 13.1 Å². The number of carbonyl (C=O) groups excluding carboxylic acids is 3. The lowest BCUT2D eigenvalue weighted by atomic mass is 10.1. The lowest BCUT2D eigenvalue weighted by Gasteiger charge is -2.37. The van der Waals surface area contributed by atoms with E-state index in [0.717, 1.165) is 5.56 Å². The summed E-state index contributed by atoms with van der Waals surface area (Å²) in [4.78, 5) is 39.9. The van der Waals surface area contributed by atoms with E-state index in [9.17, 15) is 18.8 Å². The zero-order chi connectivity index (χ0) is 18.6. The van der Waals surface area contributed by atoms with Crippen LogP contribution in [0.5, 0.6) is 0 Å². The number of hydrogen-bond acceptors (Lipinski definition) is 3. The van der Waals surface area contributed by atoms with E-state index in [2.05, 4.69) is 5.32 Å². The number of rotatable bonds is 6. The molecule has 1 N–H and O–H groups in total. The van der Waals surface area contributed by atoms with Gasteiger partial charge in [-0.3, -0.25) is 14.4 Å². The molecule has 1 aromatic rings. The molecule has 1 aromatic carbocycles. The highest BCUT2D eigenvalue weighted by molar-refractivity contribution is 6.35. The highest BCUT2D eigenvalue weighted by Gasteiger charge is 2.38. The first kappa shape index (κ1) is 18.9. The van der Waals surface area contributed by atoms with Gasteiger partial charge in [-0.25, -0.2) is 4.39 Å². The van der Waals surface area contributed by atoms with Gasteiger partial charge in [0.15, 0.2) is 0 Å². The van der Waals surface area contributed by atoms with Crippen LogP contribution in [0.25, 0.3) is 0 Å². The predicted molar refractivity (Wildman–Crippen MR) is 90.9 cm³/mol. The van der Waals surface area contributed by atoms with E-state index in [0.29, 0.717) is 19.5 Å². The maximum atomic E-state index is 13.0. The van der Waals surface area contributed by atoms with Gasteiger partial charge < -0.3 is 15.1 Å². The average Bonchev–Trinajstić information content (AvgIpc) is 2.56. The molecule has 0 aliphatic carbocycles. The Kier molecular flexibility index (Phi) is 6.12. The number of amides is 3. The number of nitrogens with one attached hydrogen (secondary N) is 1. The molecule has 25 heavy (non-hydrogen) atoms. The van der Waals surface area contributed by atoms with Crippen molar-refractivity contribution in [2.24, 2.45) is 0 Å². The third-order valence-electron chi connectivity index (χ3n) is 4.13. The molecule has 7 heteroatoms. The van der Waals surface area contributed by atoms with Crippen LogP contribution in [0.4, 0.5) is 4.39 Å². The molecule has 1 aliphatic rings. The maximum absolute atomic E-state index is 13.0. The molecular weight excluding hydrogens is 325 g/mol. The van der Waals surface area contributed by atoms with E-state index in [-0.39, 0.29) is 24.3 Å². The second kappa shape index (κ2) is 8.09. The van der Waals surface area contributed by atoms with Crippen molar-refractivity contribution < 1.29 is 18.8 Å². The minimum absolute atomic E-state index is 0.0351. The summed E-state index contributed by atoms with van der Waals surface area (Å²) in [5.41, 5.74) is 0.751. The van der Waals surface area contributed by atoms with E-state index in [1.54, 1.807) is 12.1 Å². The molecule has 3 amide bonds. The number of benzene rings is 1. The molecule has 1 aliphatic heterocycles. The Hall–Kier alpha value is -2.44. The number of halogens is 1. The van der Waals surface area contributed by atoms with Crippen molar-refractivity contribution in [3.05, 3.63) is 35.6 Å². The Bertz CT molecular complexity index is 645. The number of hydrogen-bond donors (Lipinski definition) is 1. The fraction of sp³-hybridized carbons (Fsp3) is 0.500. The fourth-order valence-corrected chi connectivity index (χ4v) is 2.88. The van der Waals surface area contributed by atoms with Crippen LogP contribution in [0, 0.1) is 5.82 Å². The van der Waals surface area contributed by atoms with Gasteiger partial charge in [0.05, 0.1) is 0 Å². The van der Waals surface area contributed by atoms with E-state index in [1.165, 1.54) is 21.9 Å². The molecule has 0 spiro atoms. The van der Waals surface area contributed by atoms with Crippen LogP contribution in [0.1, 0.15) is 32.8 Å². The molecule has 0 bridgehead atoms. The van der Waals surface area contributed by atoms with Crippen molar-refractivity contribution in [3.63, 3.8) is 0 Å². The largest absolute Gasteiger partial charge is 0.352 e.